The van der Waals surface area contributed by atoms with Gasteiger partial charge >= 0.3 is 0 Å². The van der Waals surface area contributed by atoms with Crippen molar-refractivity contribution in [2.45, 2.75) is 120 Å². The van der Waals surface area contributed by atoms with Gasteiger partial charge in [0.2, 0.25) is 11.8 Å². The number of nitriles is 1. The Hall–Kier alpha value is -1.61. The fourth-order valence-corrected chi connectivity index (χ4v) is 7.60. The van der Waals surface area contributed by atoms with E-state index in [9.17, 15) is 14.9 Å². The van der Waals surface area contributed by atoms with Crippen LogP contribution in [0.2, 0.25) is 0 Å². The first-order valence-electron chi connectivity index (χ1n) is 13.2. The van der Waals surface area contributed by atoms with Gasteiger partial charge < -0.3 is 15.5 Å². The average Bonchev–Trinajstić information content (AvgIpc) is 3.22. The zero-order valence-electron chi connectivity index (χ0n) is 20.0. The SMILES string of the molecule is CCCCCCCCC(=O)NC12CC3C[C@@H](CC(NCC(=O)N4CCC[C@H]4C#N)(C3)C1)C2. The number of nitrogens with one attached hydrogen (secondary N) is 2. The Kier molecular flexibility index (Phi) is 7.44. The predicted octanol–water partition coefficient (Wildman–Crippen LogP) is 4.05. The van der Waals surface area contributed by atoms with Crippen molar-refractivity contribution in [3.8, 4) is 6.07 Å². The molecule has 1 heterocycles. The first kappa shape index (κ1) is 23.5. The van der Waals surface area contributed by atoms with Gasteiger partial charge in [-0.1, -0.05) is 39.0 Å². The van der Waals surface area contributed by atoms with E-state index in [2.05, 4.69) is 23.6 Å². The third-order valence-electron chi connectivity index (χ3n) is 8.56. The van der Waals surface area contributed by atoms with Crippen molar-refractivity contribution in [2.75, 3.05) is 13.1 Å². The molecule has 0 aromatic rings. The molecule has 5 fully saturated rings. The highest BCUT2D eigenvalue weighted by molar-refractivity contribution is 5.79. The molecule has 0 radical (unpaired) electrons. The Balaban J connectivity index is 1.30. The van der Waals surface area contributed by atoms with Crippen LogP contribution in [-0.4, -0.2) is 46.9 Å². The van der Waals surface area contributed by atoms with Crippen LogP contribution in [0.4, 0.5) is 0 Å². The third-order valence-corrected chi connectivity index (χ3v) is 8.56. The molecule has 2 N–H and O–H groups in total. The van der Waals surface area contributed by atoms with E-state index >= 15 is 0 Å². The lowest BCUT2D eigenvalue weighted by atomic mass is 9.50. The van der Waals surface area contributed by atoms with Gasteiger partial charge in [-0.3, -0.25) is 9.59 Å². The molecule has 5 aliphatic rings. The number of unbranched alkanes of at least 4 members (excludes halogenated alkanes) is 5. The van der Waals surface area contributed by atoms with E-state index in [1.54, 1.807) is 4.90 Å². The van der Waals surface area contributed by atoms with Crippen molar-refractivity contribution in [2.24, 2.45) is 11.8 Å². The predicted molar refractivity (Wildman–Crippen MR) is 125 cm³/mol. The van der Waals surface area contributed by atoms with Gasteiger partial charge in [-0.25, -0.2) is 0 Å². The minimum Gasteiger partial charge on any atom is -0.351 e. The highest BCUT2D eigenvalue weighted by Crippen LogP contribution is 2.57. The number of nitrogens with zero attached hydrogens (tertiary/aromatic N) is 2. The van der Waals surface area contributed by atoms with Crippen LogP contribution in [0.3, 0.4) is 0 Å². The van der Waals surface area contributed by atoms with Gasteiger partial charge in [0.25, 0.3) is 0 Å². The molecule has 5 rings (SSSR count). The van der Waals surface area contributed by atoms with Crippen LogP contribution >= 0.6 is 0 Å². The van der Waals surface area contributed by atoms with Gasteiger partial charge in [-0.05, 0) is 69.6 Å². The van der Waals surface area contributed by atoms with Crippen molar-refractivity contribution >= 4 is 11.8 Å². The molecule has 1 saturated heterocycles. The van der Waals surface area contributed by atoms with Crippen molar-refractivity contribution in [3.05, 3.63) is 0 Å². The fourth-order valence-electron chi connectivity index (χ4n) is 7.60. The van der Waals surface area contributed by atoms with Crippen LogP contribution < -0.4 is 10.6 Å². The highest BCUT2D eigenvalue weighted by Gasteiger charge is 2.58. The van der Waals surface area contributed by atoms with Crippen LogP contribution in [0, 0.1) is 23.2 Å². The lowest BCUT2D eigenvalue weighted by molar-refractivity contribution is -0.134. The summed E-state index contributed by atoms with van der Waals surface area (Å²) in [5.41, 5.74) is -0.114. The topological polar surface area (TPSA) is 85.2 Å². The van der Waals surface area contributed by atoms with Crippen LogP contribution in [0.1, 0.15) is 103 Å². The molecule has 178 valence electrons. The standard InChI is InChI=1S/C26H42N4O2/c1-2-3-4-5-6-7-10-23(31)29-26-15-20-12-21(16-26)14-25(13-20,19-26)28-18-24(32)30-11-8-9-22(30)17-27/h20-22,28H,2-16,18-19H2,1H3,(H,29,31)/t20-,21?,22-,25?,26?/m0/s1. The number of rotatable bonds is 11. The molecule has 2 amide bonds. The van der Waals surface area contributed by atoms with Crippen LogP contribution in [0.15, 0.2) is 0 Å². The lowest BCUT2D eigenvalue weighted by Crippen LogP contribution is -2.69. The normalized spacial score (nSPS) is 35.1. The molecule has 6 heteroatoms. The maximum absolute atomic E-state index is 12.8. The number of hydrogen-bond acceptors (Lipinski definition) is 4. The van der Waals surface area contributed by atoms with Gasteiger partial charge in [0.1, 0.15) is 6.04 Å². The lowest BCUT2D eigenvalue weighted by Gasteiger charge is -2.62. The molecule has 4 aliphatic carbocycles. The van der Waals surface area contributed by atoms with E-state index in [0.717, 1.165) is 57.8 Å². The Morgan fingerprint density at radius 3 is 2.44 bits per heavy atom. The smallest absolute Gasteiger partial charge is 0.237 e. The number of carbonyl (C=O) groups excluding carboxylic acids is 2. The Morgan fingerprint density at radius 1 is 1.03 bits per heavy atom. The maximum Gasteiger partial charge on any atom is 0.237 e. The Bertz CT molecular complexity index is 716. The molecule has 1 aliphatic heterocycles. The molecule has 5 atom stereocenters. The first-order valence-corrected chi connectivity index (χ1v) is 13.2. The van der Waals surface area contributed by atoms with Crippen LogP contribution in [0.5, 0.6) is 0 Å². The molecule has 4 saturated carbocycles. The summed E-state index contributed by atoms with van der Waals surface area (Å²) in [6.45, 7) is 3.25. The highest BCUT2D eigenvalue weighted by atomic mass is 16.2. The molecular weight excluding hydrogens is 400 g/mol. The van der Waals surface area contributed by atoms with E-state index in [-0.39, 0.29) is 28.9 Å². The van der Waals surface area contributed by atoms with Gasteiger partial charge in [-0.2, -0.15) is 5.26 Å². The van der Waals surface area contributed by atoms with Gasteiger partial charge in [0.05, 0.1) is 12.6 Å². The van der Waals surface area contributed by atoms with Crippen molar-refractivity contribution < 1.29 is 9.59 Å². The number of carbonyl (C=O) groups is 2. The summed E-state index contributed by atoms with van der Waals surface area (Å²) in [7, 11) is 0. The molecular formula is C26H42N4O2. The minimum absolute atomic E-state index is 0.0327. The van der Waals surface area contributed by atoms with Gasteiger partial charge in [-0.15, -0.1) is 0 Å². The van der Waals surface area contributed by atoms with Crippen molar-refractivity contribution in [1.82, 2.24) is 15.5 Å². The van der Waals surface area contributed by atoms with Crippen molar-refractivity contribution in [3.63, 3.8) is 0 Å². The summed E-state index contributed by atoms with van der Waals surface area (Å²) in [5.74, 6) is 1.58. The zero-order chi connectivity index (χ0) is 22.6. The number of amides is 2. The number of hydrogen-bond donors (Lipinski definition) is 2. The summed E-state index contributed by atoms with van der Waals surface area (Å²) in [5, 5.41) is 16.5. The van der Waals surface area contributed by atoms with E-state index < -0.39 is 0 Å². The summed E-state index contributed by atoms with van der Waals surface area (Å²) in [4.78, 5) is 27.4. The summed E-state index contributed by atoms with van der Waals surface area (Å²) in [6, 6.07) is 2.02. The second kappa shape index (κ2) is 10.1. The largest absolute Gasteiger partial charge is 0.351 e. The van der Waals surface area contributed by atoms with Gasteiger partial charge in [0.15, 0.2) is 0 Å². The molecule has 32 heavy (non-hydrogen) atoms. The minimum atomic E-state index is -0.256. The van der Waals surface area contributed by atoms with E-state index in [0.29, 0.717) is 31.3 Å². The molecule has 0 aromatic carbocycles. The second-order valence-corrected chi connectivity index (χ2v) is 11.3. The molecule has 0 spiro atoms. The molecule has 6 nitrogen and oxygen atoms in total. The average molecular weight is 443 g/mol. The third kappa shape index (κ3) is 5.30. The Morgan fingerprint density at radius 2 is 1.72 bits per heavy atom. The second-order valence-electron chi connectivity index (χ2n) is 11.3. The fraction of sp³-hybridized carbons (Fsp3) is 0.885. The zero-order valence-corrected chi connectivity index (χ0v) is 20.0. The summed E-state index contributed by atoms with van der Waals surface area (Å²) < 4.78 is 0. The molecule has 0 aromatic heterocycles. The van der Waals surface area contributed by atoms with Crippen LogP contribution in [-0.2, 0) is 9.59 Å². The number of likely N-dealkylation sites (tertiary alicyclic amines) is 1. The van der Waals surface area contributed by atoms with E-state index in [1.165, 1.54) is 32.1 Å². The quantitative estimate of drug-likeness (QED) is 0.473. The van der Waals surface area contributed by atoms with E-state index in [4.69, 9.17) is 0 Å². The summed E-state index contributed by atoms with van der Waals surface area (Å²) >= 11 is 0. The molecule has 4 bridgehead atoms. The molecule has 3 unspecified atom stereocenters. The van der Waals surface area contributed by atoms with Crippen LogP contribution in [0.25, 0.3) is 0 Å². The maximum atomic E-state index is 12.8. The monoisotopic (exact) mass is 442 g/mol. The summed E-state index contributed by atoms with van der Waals surface area (Å²) in [6.07, 6.45) is 16.2. The van der Waals surface area contributed by atoms with Gasteiger partial charge in [0, 0.05) is 24.0 Å². The first-order chi connectivity index (χ1) is 15.5. The Labute approximate surface area is 193 Å². The van der Waals surface area contributed by atoms with E-state index in [1.807, 2.05) is 0 Å². The van der Waals surface area contributed by atoms with Crippen molar-refractivity contribution in [1.29, 1.82) is 5.26 Å².